The monoisotopic (exact) mass is 227 g/mol. The topological polar surface area (TPSA) is 46.2 Å². The summed E-state index contributed by atoms with van der Waals surface area (Å²) in [4.78, 5) is 0. The Bertz CT molecular complexity index is 309. The Balaban J connectivity index is 3.16. The molecule has 12 heavy (non-hydrogen) atoms. The summed E-state index contributed by atoms with van der Waals surface area (Å²) in [5, 5.41) is 9.32. The number of phenols is 1. The van der Waals surface area contributed by atoms with Crippen LogP contribution < -0.4 is 5.73 Å². The molecule has 0 radical (unpaired) electrons. The molecule has 3 heteroatoms. The third kappa shape index (κ3) is 1.68. The minimum Gasteiger partial charge on any atom is -0.507 e. The highest BCUT2D eigenvalue weighted by Crippen LogP contribution is 2.30. The number of phenolic OH excluding ortho intramolecular Hbond substituents is 1. The predicted molar refractivity (Wildman–Crippen MR) is 53.9 cm³/mol. The molecule has 0 saturated carbocycles. The summed E-state index contributed by atoms with van der Waals surface area (Å²) in [6, 6.07) is 5.23. The summed E-state index contributed by atoms with van der Waals surface area (Å²) >= 11 is 3.26. The maximum absolute atomic E-state index is 9.32. The molecule has 0 saturated heterocycles. The molecular weight excluding hydrogens is 218 g/mol. The highest BCUT2D eigenvalue weighted by atomic mass is 79.9. The van der Waals surface area contributed by atoms with Crippen molar-refractivity contribution < 1.29 is 5.11 Å². The molecule has 0 fully saturated rings. The standard InChI is InChI=1S/C9H10BrNO/c1-6(5-11)7-3-2-4-8(12)9(7)10/h2-4,12H,1,5,11H2. The van der Waals surface area contributed by atoms with Crippen molar-refractivity contribution in [3.8, 4) is 5.75 Å². The van der Waals surface area contributed by atoms with E-state index in [1.165, 1.54) is 0 Å². The van der Waals surface area contributed by atoms with Gasteiger partial charge in [-0.2, -0.15) is 0 Å². The molecule has 0 bridgehead atoms. The minimum absolute atomic E-state index is 0.210. The molecule has 1 rings (SSSR count). The van der Waals surface area contributed by atoms with Crippen LogP contribution in [-0.2, 0) is 0 Å². The van der Waals surface area contributed by atoms with Gasteiger partial charge in [-0.15, -0.1) is 0 Å². The molecule has 0 unspecified atom stereocenters. The van der Waals surface area contributed by atoms with E-state index in [2.05, 4.69) is 22.5 Å². The first-order valence-electron chi connectivity index (χ1n) is 3.52. The third-order valence-electron chi connectivity index (χ3n) is 1.61. The lowest BCUT2D eigenvalue weighted by atomic mass is 10.1. The van der Waals surface area contributed by atoms with Crippen LogP contribution in [0.4, 0.5) is 0 Å². The van der Waals surface area contributed by atoms with Gasteiger partial charge in [0.1, 0.15) is 5.75 Å². The first kappa shape index (κ1) is 9.29. The average Bonchev–Trinajstić information content (AvgIpc) is 2.08. The molecule has 0 spiro atoms. The van der Waals surface area contributed by atoms with E-state index in [9.17, 15) is 5.11 Å². The fourth-order valence-corrected chi connectivity index (χ4v) is 1.45. The highest BCUT2D eigenvalue weighted by molar-refractivity contribution is 9.10. The second-order valence-electron chi connectivity index (χ2n) is 2.45. The van der Waals surface area contributed by atoms with Crippen LogP contribution in [-0.4, -0.2) is 11.7 Å². The fraction of sp³-hybridized carbons (Fsp3) is 0.111. The molecule has 0 aliphatic rings. The summed E-state index contributed by atoms with van der Waals surface area (Å²) in [6.45, 7) is 4.17. The van der Waals surface area contributed by atoms with Gasteiger partial charge in [0.2, 0.25) is 0 Å². The first-order valence-corrected chi connectivity index (χ1v) is 4.31. The lowest BCUT2D eigenvalue weighted by Gasteiger charge is -2.06. The zero-order chi connectivity index (χ0) is 9.14. The molecule has 0 atom stereocenters. The Labute approximate surface area is 79.8 Å². The predicted octanol–water partition coefficient (Wildman–Crippen LogP) is 2.13. The van der Waals surface area contributed by atoms with Crippen molar-refractivity contribution in [2.24, 2.45) is 5.73 Å². The van der Waals surface area contributed by atoms with Crippen molar-refractivity contribution >= 4 is 21.5 Å². The van der Waals surface area contributed by atoms with Gasteiger partial charge in [-0.1, -0.05) is 18.7 Å². The summed E-state index contributed by atoms with van der Waals surface area (Å²) in [6.07, 6.45) is 0. The summed E-state index contributed by atoms with van der Waals surface area (Å²) < 4.78 is 0.653. The quantitative estimate of drug-likeness (QED) is 0.814. The summed E-state index contributed by atoms with van der Waals surface area (Å²) in [7, 11) is 0. The van der Waals surface area contributed by atoms with E-state index >= 15 is 0 Å². The Morgan fingerprint density at radius 1 is 1.58 bits per heavy atom. The van der Waals surface area contributed by atoms with Crippen LogP contribution in [0.15, 0.2) is 29.3 Å². The van der Waals surface area contributed by atoms with E-state index in [1.807, 2.05) is 6.07 Å². The number of aromatic hydroxyl groups is 1. The second-order valence-corrected chi connectivity index (χ2v) is 3.24. The van der Waals surface area contributed by atoms with Crippen LogP contribution in [0.3, 0.4) is 0 Å². The Morgan fingerprint density at radius 2 is 2.25 bits per heavy atom. The van der Waals surface area contributed by atoms with Gasteiger partial charge in [-0.3, -0.25) is 0 Å². The van der Waals surface area contributed by atoms with Crippen molar-refractivity contribution in [2.45, 2.75) is 0 Å². The maximum Gasteiger partial charge on any atom is 0.130 e. The average molecular weight is 228 g/mol. The largest absolute Gasteiger partial charge is 0.507 e. The van der Waals surface area contributed by atoms with Gasteiger partial charge in [-0.05, 0) is 33.1 Å². The summed E-state index contributed by atoms with van der Waals surface area (Å²) in [5.74, 6) is 0.210. The van der Waals surface area contributed by atoms with Crippen molar-refractivity contribution in [3.63, 3.8) is 0 Å². The van der Waals surface area contributed by atoms with Crippen molar-refractivity contribution in [1.29, 1.82) is 0 Å². The normalized spacial score (nSPS) is 9.83. The SMILES string of the molecule is C=C(CN)c1cccc(O)c1Br. The van der Waals surface area contributed by atoms with E-state index in [0.29, 0.717) is 11.0 Å². The van der Waals surface area contributed by atoms with Crippen LogP contribution >= 0.6 is 15.9 Å². The number of halogens is 1. The number of nitrogens with two attached hydrogens (primary N) is 1. The molecule has 3 N–H and O–H groups in total. The molecule has 0 heterocycles. The molecule has 0 aromatic heterocycles. The van der Waals surface area contributed by atoms with Crippen molar-refractivity contribution in [1.82, 2.24) is 0 Å². The molecule has 0 aliphatic carbocycles. The van der Waals surface area contributed by atoms with E-state index in [4.69, 9.17) is 5.73 Å². The molecular formula is C9H10BrNO. The fourth-order valence-electron chi connectivity index (χ4n) is 0.903. The molecule has 2 nitrogen and oxygen atoms in total. The maximum atomic E-state index is 9.32. The van der Waals surface area contributed by atoms with Crippen LogP contribution in [0.5, 0.6) is 5.75 Å². The van der Waals surface area contributed by atoms with Crippen LogP contribution in [0.25, 0.3) is 5.57 Å². The van der Waals surface area contributed by atoms with E-state index in [-0.39, 0.29) is 5.75 Å². The van der Waals surface area contributed by atoms with Gasteiger partial charge in [0.05, 0.1) is 4.47 Å². The van der Waals surface area contributed by atoms with Gasteiger partial charge < -0.3 is 10.8 Å². The zero-order valence-electron chi connectivity index (χ0n) is 6.55. The molecule has 0 aliphatic heterocycles. The number of hydrogen-bond donors (Lipinski definition) is 2. The molecule has 64 valence electrons. The Kier molecular flexibility index (Phi) is 2.89. The van der Waals surface area contributed by atoms with Gasteiger partial charge in [-0.25, -0.2) is 0 Å². The van der Waals surface area contributed by atoms with E-state index in [1.54, 1.807) is 12.1 Å². The van der Waals surface area contributed by atoms with Gasteiger partial charge in [0.15, 0.2) is 0 Å². The lowest BCUT2D eigenvalue weighted by molar-refractivity contribution is 0.471. The number of benzene rings is 1. The van der Waals surface area contributed by atoms with E-state index < -0.39 is 0 Å². The van der Waals surface area contributed by atoms with Crippen molar-refractivity contribution in [3.05, 3.63) is 34.8 Å². The molecule has 1 aromatic carbocycles. The number of hydrogen-bond acceptors (Lipinski definition) is 2. The van der Waals surface area contributed by atoms with Crippen LogP contribution in [0, 0.1) is 0 Å². The summed E-state index contributed by atoms with van der Waals surface area (Å²) in [5.41, 5.74) is 7.08. The molecule has 0 amide bonds. The number of rotatable bonds is 2. The smallest absolute Gasteiger partial charge is 0.130 e. The second kappa shape index (κ2) is 3.74. The molecule has 1 aromatic rings. The third-order valence-corrected chi connectivity index (χ3v) is 2.44. The van der Waals surface area contributed by atoms with Crippen LogP contribution in [0.2, 0.25) is 0 Å². The van der Waals surface area contributed by atoms with Crippen LogP contribution in [0.1, 0.15) is 5.56 Å². The Morgan fingerprint density at radius 3 is 2.83 bits per heavy atom. The zero-order valence-corrected chi connectivity index (χ0v) is 8.13. The van der Waals surface area contributed by atoms with Gasteiger partial charge >= 0.3 is 0 Å². The first-order chi connectivity index (χ1) is 5.66. The van der Waals surface area contributed by atoms with Crippen molar-refractivity contribution in [2.75, 3.05) is 6.54 Å². The lowest BCUT2D eigenvalue weighted by Crippen LogP contribution is -2.01. The highest BCUT2D eigenvalue weighted by Gasteiger charge is 2.05. The minimum atomic E-state index is 0.210. The van der Waals surface area contributed by atoms with Gasteiger partial charge in [0.25, 0.3) is 0 Å². The Hall–Kier alpha value is -0.800. The van der Waals surface area contributed by atoms with E-state index in [0.717, 1.165) is 11.1 Å². The van der Waals surface area contributed by atoms with Gasteiger partial charge in [0, 0.05) is 6.54 Å².